The van der Waals surface area contributed by atoms with Gasteiger partial charge < -0.3 is 0 Å². The third kappa shape index (κ3) is 1.95. The summed E-state index contributed by atoms with van der Waals surface area (Å²) in [7, 11) is 0. The highest BCUT2D eigenvalue weighted by Gasteiger charge is 2.09. The van der Waals surface area contributed by atoms with Gasteiger partial charge in [0.05, 0.1) is 0 Å². The molecule has 2 nitrogen and oxygen atoms in total. The van der Waals surface area contributed by atoms with Crippen LogP contribution in [0.1, 0.15) is 10.4 Å². The Bertz CT molecular complexity index is 542. The first-order chi connectivity index (χ1) is 7.72. The van der Waals surface area contributed by atoms with Crippen LogP contribution in [0.4, 0.5) is 4.39 Å². The Morgan fingerprint density at radius 3 is 2.69 bits per heavy atom. The minimum Gasteiger partial charge on any atom is -0.298 e. The largest absolute Gasteiger partial charge is 0.298 e. The van der Waals surface area contributed by atoms with Gasteiger partial charge in [-0.3, -0.25) is 4.79 Å². The van der Waals surface area contributed by atoms with Gasteiger partial charge in [0, 0.05) is 22.9 Å². The molecule has 0 bridgehead atoms. The minimum atomic E-state index is -0.394. The maximum Gasteiger partial charge on any atom is 0.151 e. The molecule has 0 aliphatic rings. The smallest absolute Gasteiger partial charge is 0.151 e. The maximum atomic E-state index is 13.5. The number of nitrogens with zero attached hydrogens (tertiary/aromatic N) is 1. The lowest BCUT2D eigenvalue weighted by Gasteiger charge is -2.05. The van der Waals surface area contributed by atoms with Crippen molar-refractivity contribution < 1.29 is 9.18 Å². The summed E-state index contributed by atoms with van der Waals surface area (Å²) in [5.41, 5.74) is 1.12. The van der Waals surface area contributed by atoms with Crippen LogP contribution in [0.2, 0.25) is 5.15 Å². The molecule has 2 rings (SSSR count). The monoisotopic (exact) mass is 235 g/mol. The summed E-state index contributed by atoms with van der Waals surface area (Å²) in [6.45, 7) is 0. The lowest BCUT2D eigenvalue weighted by molar-refractivity contribution is 0.112. The van der Waals surface area contributed by atoms with Crippen molar-refractivity contribution in [2.75, 3.05) is 0 Å². The quantitative estimate of drug-likeness (QED) is 0.590. The van der Waals surface area contributed by atoms with Gasteiger partial charge in [-0.25, -0.2) is 9.37 Å². The standard InChI is InChI=1S/C12H7ClFNO/c13-12-10(5-8(7-16)6-15-12)9-3-1-2-4-11(9)14/h1-7H. The molecular formula is C12H7ClFNO. The van der Waals surface area contributed by atoms with Crippen molar-refractivity contribution in [3.05, 3.63) is 53.1 Å². The van der Waals surface area contributed by atoms with Crippen LogP contribution in [0.5, 0.6) is 0 Å². The minimum absolute atomic E-state index is 0.177. The number of rotatable bonds is 2. The van der Waals surface area contributed by atoms with E-state index in [0.717, 1.165) is 0 Å². The molecule has 0 aliphatic carbocycles. The zero-order valence-corrected chi connectivity index (χ0v) is 8.91. The van der Waals surface area contributed by atoms with Crippen molar-refractivity contribution in [2.24, 2.45) is 0 Å². The van der Waals surface area contributed by atoms with Crippen LogP contribution in [0.15, 0.2) is 36.5 Å². The van der Waals surface area contributed by atoms with E-state index in [9.17, 15) is 9.18 Å². The summed E-state index contributed by atoms with van der Waals surface area (Å²) in [5, 5.41) is 0.177. The third-order valence-electron chi connectivity index (χ3n) is 2.16. The number of aromatic nitrogens is 1. The molecule has 0 fully saturated rings. The SMILES string of the molecule is O=Cc1cnc(Cl)c(-c2ccccc2F)c1. The third-order valence-corrected chi connectivity index (χ3v) is 2.46. The molecule has 80 valence electrons. The number of carbonyl (C=O) groups is 1. The number of aldehydes is 1. The van der Waals surface area contributed by atoms with E-state index in [4.69, 9.17) is 11.6 Å². The molecule has 16 heavy (non-hydrogen) atoms. The molecule has 1 aromatic heterocycles. The molecule has 0 saturated carbocycles. The molecule has 0 spiro atoms. The first-order valence-electron chi connectivity index (χ1n) is 4.58. The zero-order valence-electron chi connectivity index (χ0n) is 8.15. The number of benzene rings is 1. The Hall–Kier alpha value is -1.74. The van der Waals surface area contributed by atoms with Gasteiger partial charge in [-0.1, -0.05) is 29.8 Å². The van der Waals surface area contributed by atoms with E-state index in [1.165, 1.54) is 18.3 Å². The summed E-state index contributed by atoms with van der Waals surface area (Å²) in [4.78, 5) is 14.4. The number of hydrogen-bond acceptors (Lipinski definition) is 2. The van der Waals surface area contributed by atoms with Gasteiger partial charge >= 0.3 is 0 Å². The second-order valence-corrected chi connectivity index (χ2v) is 3.56. The highest BCUT2D eigenvalue weighted by Crippen LogP contribution is 2.28. The molecule has 1 aromatic carbocycles. The molecular weight excluding hydrogens is 229 g/mol. The van der Waals surface area contributed by atoms with Crippen LogP contribution in [-0.2, 0) is 0 Å². The molecule has 0 unspecified atom stereocenters. The van der Waals surface area contributed by atoms with E-state index in [1.807, 2.05) is 0 Å². The zero-order chi connectivity index (χ0) is 11.5. The Morgan fingerprint density at radius 1 is 1.25 bits per heavy atom. The molecule has 0 atom stereocenters. The molecule has 4 heteroatoms. The summed E-state index contributed by atoms with van der Waals surface area (Å²) in [6.07, 6.45) is 1.99. The normalized spacial score (nSPS) is 10.1. The van der Waals surface area contributed by atoms with Crippen molar-refractivity contribution in [2.45, 2.75) is 0 Å². The fourth-order valence-electron chi connectivity index (χ4n) is 1.40. The van der Waals surface area contributed by atoms with Gasteiger partial charge in [-0.05, 0) is 12.1 Å². The predicted octanol–water partition coefficient (Wildman–Crippen LogP) is 3.35. The van der Waals surface area contributed by atoms with Gasteiger partial charge in [0.25, 0.3) is 0 Å². The molecule has 0 N–H and O–H groups in total. The van der Waals surface area contributed by atoms with Gasteiger partial charge in [-0.2, -0.15) is 0 Å². The second kappa shape index (κ2) is 4.41. The lowest BCUT2D eigenvalue weighted by Crippen LogP contribution is -1.90. The summed E-state index contributed by atoms with van der Waals surface area (Å²) in [6, 6.07) is 7.72. The van der Waals surface area contributed by atoms with Gasteiger partial charge in [-0.15, -0.1) is 0 Å². The average molecular weight is 236 g/mol. The predicted molar refractivity (Wildman–Crippen MR) is 60.0 cm³/mol. The molecule has 1 heterocycles. The Labute approximate surface area is 96.7 Å². The fraction of sp³-hybridized carbons (Fsp3) is 0. The van der Waals surface area contributed by atoms with Crippen LogP contribution < -0.4 is 0 Å². The van der Waals surface area contributed by atoms with E-state index in [1.54, 1.807) is 18.2 Å². The second-order valence-electron chi connectivity index (χ2n) is 3.20. The van der Waals surface area contributed by atoms with E-state index in [-0.39, 0.29) is 5.15 Å². The molecule has 0 aliphatic heterocycles. The summed E-state index contributed by atoms with van der Waals surface area (Å²) >= 11 is 5.87. The molecule has 0 saturated heterocycles. The van der Waals surface area contributed by atoms with Crippen LogP contribution in [-0.4, -0.2) is 11.3 Å². The number of halogens is 2. The Kier molecular flexibility index (Phi) is 2.97. The van der Waals surface area contributed by atoms with Gasteiger partial charge in [0.2, 0.25) is 0 Å². The van der Waals surface area contributed by atoms with Crippen molar-refractivity contribution in [3.8, 4) is 11.1 Å². The lowest BCUT2D eigenvalue weighted by atomic mass is 10.1. The van der Waals surface area contributed by atoms with E-state index in [2.05, 4.69) is 4.98 Å². The Morgan fingerprint density at radius 2 is 2.00 bits per heavy atom. The van der Waals surface area contributed by atoms with Crippen LogP contribution in [0, 0.1) is 5.82 Å². The molecule has 0 radical (unpaired) electrons. The summed E-state index contributed by atoms with van der Waals surface area (Å²) < 4.78 is 13.5. The first-order valence-corrected chi connectivity index (χ1v) is 4.96. The van der Waals surface area contributed by atoms with Crippen molar-refractivity contribution in [1.82, 2.24) is 4.98 Å². The Balaban J connectivity index is 2.63. The van der Waals surface area contributed by atoms with E-state index < -0.39 is 5.82 Å². The van der Waals surface area contributed by atoms with Gasteiger partial charge in [0.1, 0.15) is 11.0 Å². The van der Waals surface area contributed by atoms with Crippen LogP contribution in [0.3, 0.4) is 0 Å². The van der Waals surface area contributed by atoms with Crippen LogP contribution >= 0.6 is 11.6 Å². The van der Waals surface area contributed by atoms with E-state index >= 15 is 0 Å². The van der Waals surface area contributed by atoms with Crippen molar-refractivity contribution in [1.29, 1.82) is 0 Å². The topological polar surface area (TPSA) is 30.0 Å². The number of hydrogen-bond donors (Lipinski definition) is 0. The highest BCUT2D eigenvalue weighted by atomic mass is 35.5. The average Bonchev–Trinajstić information content (AvgIpc) is 2.31. The summed E-state index contributed by atoms with van der Waals surface area (Å²) in [5.74, 6) is -0.394. The fourth-order valence-corrected chi connectivity index (χ4v) is 1.60. The van der Waals surface area contributed by atoms with Crippen molar-refractivity contribution in [3.63, 3.8) is 0 Å². The van der Waals surface area contributed by atoms with E-state index in [0.29, 0.717) is 23.0 Å². The first kappa shape index (κ1) is 10.8. The van der Waals surface area contributed by atoms with Crippen LogP contribution in [0.25, 0.3) is 11.1 Å². The molecule has 0 amide bonds. The number of carbonyl (C=O) groups excluding carboxylic acids is 1. The number of pyridine rings is 1. The highest BCUT2D eigenvalue weighted by molar-refractivity contribution is 6.32. The maximum absolute atomic E-state index is 13.5. The van der Waals surface area contributed by atoms with Gasteiger partial charge in [0.15, 0.2) is 6.29 Å². The van der Waals surface area contributed by atoms with Crippen molar-refractivity contribution >= 4 is 17.9 Å². The molecule has 2 aromatic rings.